The van der Waals surface area contributed by atoms with Gasteiger partial charge < -0.3 is 0 Å². The zero-order chi connectivity index (χ0) is 7.40. The van der Waals surface area contributed by atoms with E-state index in [0.717, 1.165) is 5.56 Å². The Morgan fingerprint density at radius 3 is 2.90 bits per heavy atom. The lowest BCUT2D eigenvalue weighted by Crippen LogP contribution is -1.78. The molecular weight excluding hydrogens is 147 g/mol. The van der Waals surface area contributed by atoms with E-state index in [1.807, 2.05) is 31.2 Å². The number of hydrogen-bond donors (Lipinski definition) is 0. The highest BCUT2D eigenvalue weighted by Gasteiger charge is 1.91. The van der Waals surface area contributed by atoms with Gasteiger partial charge in [0.1, 0.15) is 0 Å². The molecule has 0 saturated carbocycles. The maximum Gasteiger partial charge on any atom is 0.0501 e. The Labute approximate surface area is 64.7 Å². The van der Waals surface area contributed by atoms with Crippen molar-refractivity contribution in [2.24, 2.45) is 0 Å². The summed E-state index contributed by atoms with van der Waals surface area (Å²) < 4.78 is 11.7. The number of halogens is 1. The molecule has 0 aliphatic heterocycles. The van der Waals surface area contributed by atoms with E-state index in [2.05, 4.69) is 0 Å². The molecule has 0 bridgehead atoms. The summed E-state index contributed by atoms with van der Waals surface area (Å²) >= 11 is 0.363. The van der Waals surface area contributed by atoms with Gasteiger partial charge in [-0.25, -0.2) is 0 Å². The first-order valence-corrected chi connectivity index (χ1v) is 4.00. The molecule has 0 aliphatic rings. The van der Waals surface area contributed by atoms with Crippen LogP contribution in [0.25, 0.3) is 0 Å². The van der Waals surface area contributed by atoms with Gasteiger partial charge >= 0.3 is 0 Å². The molecule has 0 aliphatic carbocycles. The van der Waals surface area contributed by atoms with E-state index in [4.69, 9.17) is 0 Å². The third-order valence-electron chi connectivity index (χ3n) is 1.30. The van der Waals surface area contributed by atoms with Gasteiger partial charge in [-0.05, 0) is 12.5 Å². The molecular formula is C8H9FS. The normalized spacial score (nSPS) is 9.80. The van der Waals surface area contributed by atoms with Crippen LogP contribution in [0.5, 0.6) is 0 Å². The fourth-order valence-corrected chi connectivity index (χ4v) is 1.17. The van der Waals surface area contributed by atoms with Gasteiger partial charge in [0.2, 0.25) is 0 Å². The molecule has 0 N–H and O–H groups in total. The maximum atomic E-state index is 11.7. The number of aryl methyl sites for hydroxylation is 1. The van der Waals surface area contributed by atoms with Crippen LogP contribution in [0.4, 0.5) is 3.89 Å². The third kappa shape index (κ3) is 2.03. The van der Waals surface area contributed by atoms with Crippen molar-refractivity contribution in [1.82, 2.24) is 0 Å². The zero-order valence-electron chi connectivity index (χ0n) is 5.80. The van der Waals surface area contributed by atoms with Crippen LogP contribution in [0.15, 0.2) is 24.3 Å². The molecule has 1 rings (SSSR count). The van der Waals surface area contributed by atoms with Gasteiger partial charge in [-0.1, -0.05) is 29.8 Å². The predicted molar refractivity (Wildman–Crippen MR) is 43.6 cm³/mol. The summed E-state index contributed by atoms with van der Waals surface area (Å²) in [5.74, 6) is 0.460. The lowest BCUT2D eigenvalue weighted by molar-refractivity contribution is 0.933. The zero-order valence-corrected chi connectivity index (χ0v) is 6.62. The molecule has 1 aromatic carbocycles. The SMILES string of the molecule is Cc1cccc(CSF)c1. The molecule has 0 radical (unpaired) electrons. The number of hydrogen-bond acceptors (Lipinski definition) is 1. The van der Waals surface area contributed by atoms with Crippen molar-refractivity contribution in [3.8, 4) is 0 Å². The molecule has 0 nitrogen and oxygen atoms in total. The molecule has 0 heterocycles. The summed E-state index contributed by atoms with van der Waals surface area (Å²) in [7, 11) is 0. The molecule has 0 saturated heterocycles. The summed E-state index contributed by atoms with van der Waals surface area (Å²) in [5.41, 5.74) is 2.24. The minimum absolute atomic E-state index is 0.363. The van der Waals surface area contributed by atoms with Gasteiger partial charge in [-0.2, -0.15) is 3.89 Å². The molecule has 0 spiro atoms. The summed E-state index contributed by atoms with van der Waals surface area (Å²) in [6, 6.07) is 7.87. The van der Waals surface area contributed by atoms with Crippen molar-refractivity contribution in [2.45, 2.75) is 12.7 Å². The van der Waals surface area contributed by atoms with E-state index < -0.39 is 0 Å². The van der Waals surface area contributed by atoms with Gasteiger partial charge in [0, 0.05) is 12.1 Å². The van der Waals surface area contributed by atoms with Gasteiger partial charge in [0.05, 0.1) is 5.75 Å². The summed E-state index contributed by atoms with van der Waals surface area (Å²) in [6.45, 7) is 2.01. The molecule has 0 unspecified atom stereocenters. The highest BCUT2D eigenvalue weighted by atomic mass is 32.2. The fraction of sp³-hybridized carbons (Fsp3) is 0.250. The van der Waals surface area contributed by atoms with Crippen LogP contribution in [0.1, 0.15) is 11.1 Å². The quantitative estimate of drug-likeness (QED) is 0.634. The second kappa shape index (κ2) is 3.62. The highest BCUT2D eigenvalue weighted by molar-refractivity contribution is 7.93. The first-order chi connectivity index (χ1) is 4.83. The van der Waals surface area contributed by atoms with E-state index in [1.165, 1.54) is 5.56 Å². The highest BCUT2D eigenvalue weighted by Crippen LogP contribution is 2.13. The van der Waals surface area contributed by atoms with Gasteiger partial charge in [0.25, 0.3) is 0 Å². The second-order valence-corrected chi connectivity index (χ2v) is 2.75. The topological polar surface area (TPSA) is 0 Å². The lowest BCUT2D eigenvalue weighted by atomic mass is 10.2. The lowest BCUT2D eigenvalue weighted by Gasteiger charge is -1.96. The van der Waals surface area contributed by atoms with Crippen LogP contribution in [-0.4, -0.2) is 0 Å². The van der Waals surface area contributed by atoms with Crippen LogP contribution >= 0.6 is 12.1 Å². The van der Waals surface area contributed by atoms with Gasteiger partial charge in [0.15, 0.2) is 0 Å². The molecule has 10 heavy (non-hydrogen) atoms. The van der Waals surface area contributed by atoms with Crippen molar-refractivity contribution < 1.29 is 3.89 Å². The Kier molecular flexibility index (Phi) is 2.75. The Morgan fingerprint density at radius 2 is 2.30 bits per heavy atom. The van der Waals surface area contributed by atoms with E-state index >= 15 is 0 Å². The van der Waals surface area contributed by atoms with Crippen molar-refractivity contribution in [1.29, 1.82) is 0 Å². The van der Waals surface area contributed by atoms with Crippen molar-refractivity contribution in [2.75, 3.05) is 0 Å². The smallest absolute Gasteiger partial charge is 0.0501 e. The van der Waals surface area contributed by atoms with Crippen LogP contribution < -0.4 is 0 Å². The van der Waals surface area contributed by atoms with Crippen molar-refractivity contribution in [3.63, 3.8) is 0 Å². The fourth-order valence-electron chi connectivity index (χ4n) is 0.865. The average molecular weight is 156 g/mol. The average Bonchev–Trinajstić information content (AvgIpc) is 1.88. The molecule has 54 valence electrons. The maximum absolute atomic E-state index is 11.7. The van der Waals surface area contributed by atoms with Crippen molar-refractivity contribution >= 4 is 12.1 Å². The Bertz CT molecular complexity index is 210. The van der Waals surface area contributed by atoms with E-state index in [0.29, 0.717) is 17.9 Å². The standard InChI is InChI=1S/C8H9FS/c1-7-3-2-4-8(5-7)6-10-9/h2-5H,6H2,1H3. The Morgan fingerprint density at radius 1 is 1.50 bits per heavy atom. The molecule has 0 amide bonds. The summed E-state index contributed by atoms with van der Waals surface area (Å²) in [5, 5.41) is 0. The van der Waals surface area contributed by atoms with Crippen LogP contribution in [0.3, 0.4) is 0 Å². The predicted octanol–water partition coefficient (Wildman–Crippen LogP) is 3.11. The largest absolute Gasteiger partial charge is 0.165 e. The monoisotopic (exact) mass is 156 g/mol. The summed E-state index contributed by atoms with van der Waals surface area (Å²) in [6.07, 6.45) is 0. The molecule has 0 fully saturated rings. The minimum Gasteiger partial charge on any atom is -0.165 e. The first kappa shape index (κ1) is 7.61. The van der Waals surface area contributed by atoms with E-state index in [9.17, 15) is 3.89 Å². The van der Waals surface area contributed by atoms with Gasteiger partial charge in [-0.15, -0.1) is 0 Å². The Hall–Kier alpha value is -0.500. The van der Waals surface area contributed by atoms with Crippen molar-refractivity contribution in [3.05, 3.63) is 35.4 Å². The van der Waals surface area contributed by atoms with Crippen LogP contribution in [-0.2, 0) is 5.75 Å². The summed E-state index contributed by atoms with van der Waals surface area (Å²) in [4.78, 5) is 0. The third-order valence-corrected chi connectivity index (χ3v) is 1.75. The number of rotatable bonds is 2. The van der Waals surface area contributed by atoms with Crippen LogP contribution in [0.2, 0.25) is 0 Å². The first-order valence-electron chi connectivity index (χ1n) is 3.12. The second-order valence-electron chi connectivity index (χ2n) is 2.24. The van der Waals surface area contributed by atoms with Gasteiger partial charge in [-0.3, -0.25) is 0 Å². The van der Waals surface area contributed by atoms with E-state index in [1.54, 1.807) is 0 Å². The molecule has 0 atom stereocenters. The molecule has 2 heteroatoms. The molecule has 1 aromatic rings. The van der Waals surface area contributed by atoms with Crippen LogP contribution in [0, 0.1) is 6.92 Å². The minimum atomic E-state index is 0.363. The Balaban J connectivity index is 2.75. The molecule has 0 aromatic heterocycles. The number of benzene rings is 1. The van der Waals surface area contributed by atoms with E-state index in [-0.39, 0.29) is 0 Å².